The molecule has 1 amide bonds. The van der Waals surface area contributed by atoms with Crippen molar-refractivity contribution in [1.82, 2.24) is 10.3 Å². The van der Waals surface area contributed by atoms with Crippen molar-refractivity contribution >= 4 is 17.2 Å². The van der Waals surface area contributed by atoms with Crippen LogP contribution < -0.4 is 5.32 Å². The standard InChI is InChI=1S/C10H14N2OS/c1-7(10-11-4-5-14-10)6-12-9(13)8-2-3-8/h4-5,7-8H,2-3,6H2,1H3,(H,12,13). The fraction of sp³-hybridized carbons (Fsp3) is 0.600. The summed E-state index contributed by atoms with van der Waals surface area (Å²) in [5.41, 5.74) is 0. The van der Waals surface area contributed by atoms with Gasteiger partial charge in [-0.3, -0.25) is 4.79 Å². The first-order valence-electron chi connectivity index (χ1n) is 4.94. The predicted octanol–water partition coefficient (Wildman–Crippen LogP) is 1.77. The molecule has 1 heterocycles. The maximum absolute atomic E-state index is 11.4. The third-order valence-electron chi connectivity index (χ3n) is 2.40. The highest BCUT2D eigenvalue weighted by Gasteiger charge is 2.29. The first-order valence-corrected chi connectivity index (χ1v) is 5.82. The highest BCUT2D eigenvalue weighted by molar-refractivity contribution is 7.09. The van der Waals surface area contributed by atoms with Gasteiger partial charge in [-0.1, -0.05) is 6.92 Å². The van der Waals surface area contributed by atoms with Crippen molar-refractivity contribution < 1.29 is 4.79 Å². The minimum Gasteiger partial charge on any atom is -0.355 e. The van der Waals surface area contributed by atoms with Gasteiger partial charge < -0.3 is 5.32 Å². The Bertz CT molecular complexity index is 306. The molecule has 1 saturated carbocycles. The summed E-state index contributed by atoms with van der Waals surface area (Å²) in [6.45, 7) is 2.80. The van der Waals surface area contributed by atoms with Crippen molar-refractivity contribution in [2.75, 3.05) is 6.54 Å². The van der Waals surface area contributed by atoms with E-state index in [0.29, 0.717) is 18.4 Å². The molecule has 3 nitrogen and oxygen atoms in total. The van der Waals surface area contributed by atoms with E-state index in [1.54, 1.807) is 17.5 Å². The van der Waals surface area contributed by atoms with Crippen molar-refractivity contribution in [2.24, 2.45) is 5.92 Å². The van der Waals surface area contributed by atoms with Crippen LogP contribution in [0.4, 0.5) is 0 Å². The molecular formula is C10H14N2OS. The SMILES string of the molecule is CC(CNC(=O)C1CC1)c1nccs1. The van der Waals surface area contributed by atoms with E-state index in [2.05, 4.69) is 17.2 Å². The van der Waals surface area contributed by atoms with Gasteiger partial charge in [-0.15, -0.1) is 11.3 Å². The number of hydrogen-bond acceptors (Lipinski definition) is 3. The van der Waals surface area contributed by atoms with Gasteiger partial charge in [-0.05, 0) is 12.8 Å². The second kappa shape index (κ2) is 4.09. The van der Waals surface area contributed by atoms with E-state index in [1.165, 1.54) is 0 Å². The monoisotopic (exact) mass is 210 g/mol. The number of aromatic nitrogens is 1. The minimum absolute atomic E-state index is 0.216. The molecule has 0 radical (unpaired) electrons. The van der Waals surface area contributed by atoms with Crippen molar-refractivity contribution in [3.8, 4) is 0 Å². The molecule has 1 fully saturated rings. The third kappa shape index (κ3) is 2.32. The van der Waals surface area contributed by atoms with Crippen LogP contribution in [0.2, 0.25) is 0 Å². The molecule has 1 aliphatic rings. The van der Waals surface area contributed by atoms with Crippen LogP contribution in [0.15, 0.2) is 11.6 Å². The van der Waals surface area contributed by atoms with Crippen molar-refractivity contribution in [3.05, 3.63) is 16.6 Å². The van der Waals surface area contributed by atoms with Crippen LogP contribution in [0.25, 0.3) is 0 Å². The number of carbonyl (C=O) groups is 1. The number of nitrogens with zero attached hydrogens (tertiary/aromatic N) is 1. The minimum atomic E-state index is 0.216. The van der Waals surface area contributed by atoms with Crippen molar-refractivity contribution in [1.29, 1.82) is 0 Å². The van der Waals surface area contributed by atoms with Gasteiger partial charge >= 0.3 is 0 Å². The van der Waals surface area contributed by atoms with E-state index in [-0.39, 0.29) is 5.91 Å². The Morgan fingerprint density at radius 3 is 3.14 bits per heavy atom. The van der Waals surface area contributed by atoms with Gasteiger partial charge in [0.05, 0.1) is 5.01 Å². The summed E-state index contributed by atoms with van der Waals surface area (Å²) in [6, 6.07) is 0. The van der Waals surface area contributed by atoms with E-state index in [4.69, 9.17) is 0 Å². The van der Waals surface area contributed by atoms with E-state index < -0.39 is 0 Å². The maximum atomic E-state index is 11.4. The molecule has 4 heteroatoms. The fourth-order valence-electron chi connectivity index (χ4n) is 1.31. The Kier molecular flexibility index (Phi) is 2.82. The van der Waals surface area contributed by atoms with Crippen molar-refractivity contribution in [3.63, 3.8) is 0 Å². The Labute approximate surface area is 87.6 Å². The molecule has 0 spiro atoms. The number of hydrogen-bond donors (Lipinski definition) is 1. The normalized spacial score (nSPS) is 17.8. The largest absolute Gasteiger partial charge is 0.355 e. The molecule has 1 aromatic heterocycles. The highest BCUT2D eigenvalue weighted by atomic mass is 32.1. The van der Waals surface area contributed by atoms with Gasteiger partial charge in [0, 0.05) is 30.0 Å². The molecule has 0 bridgehead atoms. The summed E-state index contributed by atoms with van der Waals surface area (Å²) in [5.74, 6) is 0.851. The van der Waals surface area contributed by atoms with E-state index in [9.17, 15) is 4.79 Å². The molecule has 0 saturated heterocycles. The first-order chi connectivity index (χ1) is 6.77. The zero-order valence-electron chi connectivity index (χ0n) is 8.19. The second-order valence-electron chi connectivity index (χ2n) is 3.79. The molecule has 14 heavy (non-hydrogen) atoms. The van der Waals surface area contributed by atoms with Crippen LogP contribution in [0.1, 0.15) is 30.7 Å². The summed E-state index contributed by atoms with van der Waals surface area (Å²) in [7, 11) is 0. The van der Waals surface area contributed by atoms with Gasteiger partial charge in [0.2, 0.25) is 5.91 Å². The van der Waals surface area contributed by atoms with Gasteiger partial charge in [0.1, 0.15) is 0 Å². The Balaban J connectivity index is 1.77. The second-order valence-corrected chi connectivity index (χ2v) is 4.72. The number of rotatable bonds is 4. The van der Waals surface area contributed by atoms with Crippen LogP contribution in [0.3, 0.4) is 0 Å². The average molecular weight is 210 g/mol. The molecule has 2 rings (SSSR count). The molecule has 76 valence electrons. The number of thiazole rings is 1. The van der Waals surface area contributed by atoms with Crippen molar-refractivity contribution in [2.45, 2.75) is 25.7 Å². The molecule has 1 N–H and O–H groups in total. The lowest BCUT2D eigenvalue weighted by Gasteiger charge is -2.09. The fourth-order valence-corrected chi connectivity index (χ4v) is 2.01. The molecule has 1 aliphatic carbocycles. The van der Waals surface area contributed by atoms with E-state index in [0.717, 1.165) is 17.8 Å². The average Bonchev–Trinajstić information content (AvgIpc) is 2.90. The number of amides is 1. The van der Waals surface area contributed by atoms with Gasteiger partial charge in [-0.2, -0.15) is 0 Å². The van der Waals surface area contributed by atoms with Crippen LogP contribution in [-0.4, -0.2) is 17.4 Å². The maximum Gasteiger partial charge on any atom is 0.223 e. The predicted molar refractivity (Wildman–Crippen MR) is 56.3 cm³/mol. The lowest BCUT2D eigenvalue weighted by atomic mass is 10.2. The summed E-state index contributed by atoms with van der Waals surface area (Å²) < 4.78 is 0. The summed E-state index contributed by atoms with van der Waals surface area (Å²) >= 11 is 1.64. The lowest BCUT2D eigenvalue weighted by Crippen LogP contribution is -2.28. The summed E-state index contributed by atoms with van der Waals surface area (Å²) in [5, 5.41) is 6.03. The molecular weight excluding hydrogens is 196 g/mol. The topological polar surface area (TPSA) is 42.0 Å². The quantitative estimate of drug-likeness (QED) is 0.823. The Morgan fingerprint density at radius 2 is 2.57 bits per heavy atom. The number of carbonyl (C=O) groups excluding carboxylic acids is 1. The molecule has 0 aliphatic heterocycles. The van der Waals surface area contributed by atoms with Gasteiger partial charge in [-0.25, -0.2) is 4.98 Å². The number of nitrogens with one attached hydrogen (secondary N) is 1. The van der Waals surface area contributed by atoms with Gasteiger partial charge in [0.15, 0.2) is 0 Å². The molecule has 1 unspecified atom stereocenters. The van der Waals surface area contributed by atoms with Gasteiger partial charge in [0.25, 0.3) is 0 Å². The molecule has 1 atom stereocenters. The smallest absolute Gasteiger partial charge is 0.223 e. The first kappa shape index (κ1) is 9.65. The van der Waals surface area contributed by atoms with E-state index >= 15 is 0 Å². The lowest BCUT2D eigenvalue weighted by molar-refractivity contribution is -0.122. The summed E-state index contributed by atoms with van der Waals surface area (Å²) in [6.07, 6.45) is 3.94. The molecule has 1 aromatic rings. The molecule has 0 aromatic carbocycles. The van der Waals surface area contributed by atoms with E-state index in [1.807, 2.05) is 5.38 Å². The Hall–Kier alpha value is -0.900. The van der Waals surface area contributed by atoms with Crippen LogP contribution in [0.5, 0.6) is 0 Å². The highest BCUT2D eigenvalue weighted by Crippen LogP contribution is 2.29. The Morgan fingerprint density at radius 1 is 1.79 bits per heavy atom. The third-order valence-corrected chi connectivity index (χ3v) is 3.41. The summed E-state index contributed by atoms with van der Waals surface area (Å²) in [4.78, 5) is 15.6. The van der Waals surface area contributed by atoms with Crippen LogP contribution >= 0.6 is 11.3 Å². The van der Waals surface area contributed by atoms with Crippen LogP contribution in [-0.2, 0) is 4.79 Å². The zero-order valence-corrected chi connectivity index (χ0v) is 9.01. The van der Waals surface area contributed by atoms with Crippen LogP contribution in [0, 0.1) is 5.92 Å². The zero-order chi connectivity index (χ0) is 9.97.